The molecule has 0 bridgehead atoms. The summed E-state index contributed by atoms with van der Waals surface area (Å²) in [4.78, 5) is 0. The summed E-state index contributed by atoms with van der Waals surface area (Å²) in [6, 6.07) is 8.59. The van der Waals surface area contributed by atoms with Crippen LogP contribution < -0.4 is 0 Å². The maximum Gasteiger partial charge on any atom is -0.0153 e. The van der Waals surface area contributed by atoms with Crippen LogP contribution in [0.3, 0.4) is 0 Å². The van der Waals surface area contributed by atoms with Crippen LogP contribution >= 0.6 is 0 Å². The predicted octanol–water partition coefficient (Wildman–Crippen LogP) is 6.73. The Morgan fingerprint density at radius 3 is 2.11 bits per heavy atom. The van der Waals surface area contributed by atoms with Gasteiger partial charge in [0.05, 0.1) is 0 Å². The van der Waals surface area contributed by atoms with E-state index < -0.39 is 0 Å². The molecule has 0 aliphatic rings. The Kier molecular flexibility index (Phi) is 9.88. The van der Waals surface area contributed by atoms with Crippen molar-refractivity contribution in [3.05, 3.63) is 47.5 Å². The Bertz CT molecular complexity index is 390. The minimum Gasteiger partial charge on any atom is -0.0984 e. The highest BCUT2D eigenvalue weighted by molar-refractivity contribution is 5.75. The Morgan fingerprint density at radius 2 is 1.63 bits per heavy atom. The van der Waals surface area contributed by atoms with Gasteiger partial charge in [-0.05, 0) is 36.0 Å². The van der Waals surface area contributed by atoms with Crippen LogP contribution in [0.2, 0.25) is 0 Å². The molecule has 0 aliphatic heterocycles. The zero-order valence-corrected chi connectivity index (χ0v) is 13.4. The molecule has 0 nitrogen and oxygen atoms in total. The second-order valence-electron chi connectivity index (χ2n) is 4.33. The van der Waals surface area contributed by atoms with Gasteiger partial charge in [0.2, 0.25) is 0 Å². The van der Waals surface area contributed by atoms with Gasteiger partial charge in [-0.15, -0.1) is 0 Å². The molecule has 0 heterocycles. The normalized spacial score (nSPS) is 9.32. The van der Waals surface area contributed by atoms with E-state index in [1.54, 1.807) is 5.57 Å². The lowest BCUT2D eigenvalue weighted by Gasteiger charge is -2.15. The van der Waals surface area contributed by atoms with E-state index in [1.165, 1.54) is 29.5 Å². The van der Waals surface area contributed by atoms with Gasteiger partial charge in [0, 0.05) is 0 Å². The lowest BCUT2D eigenvalue weighted by atomic mass is 9.90. The molecule has 1 aromatic rings. The molecule has 0 amide bonds. The molecule has 1 aromatic carbocycles. The van der Waals surface area contributed by atoms with E-state index in [4.69, 9.17) is 0 Å². The van der Waals surface area contributed by atoms with E-state index in [9.17, 15) is 0 Å². The molecule has 0 N–H and O–H groups in total. The van der Waals surface area contributed by atoms with Gasteiger partial charge < -0.3 is 0 Å². The van der Waals surface area contributed by atoms with Crippen LogP contribution in [0.15, 0.2) is 36.4 Å². The van der Waals surface area contributed by atoms with Crippen LogP contribution in [0.4, 0.5) is 0 Å². The Balaban J connectivity index is 0.00000154. The molecule has 1 rings (SSSR count). The summed E-state index contributed by atoms with van der Waals surface area (Å²) in [6.07, 6.45) is 6.63. The molecule has 106 valence electrons. The fraction of sp³-hybridized carbons (Fsp3) is 0.474. The SMILES string of the molecule is C=Cc1ccccc1C(CCC)=C(CC)CC.CC. The maximum atomic E-state index is 3.92. The monoisotopic (exact) mass is 258 g/mol. The summed E-state index contributed by atoms with van der Waals surface area (Å²) >= 11 is 0. The first-order chi connectivity index (χ1) is 9.28. The molecule has 0 unspecified atom stereocenters. The Morgan fingerprint density at radius 1 is 1.05 bits per heavy atom. The number of allylic oxidation sites excluding steroid dienone is 2. The molecule has 0 fully saturated rings. The fourth-order valence-corrected chi connectivity index (χ4v) is 2.38. The standard InChI is InChI=1S/C17H24.C2H6/c1-5-11-16(14(6-2)7-3)17-13-10-9-12-15(17)8-4;1-2/h8-10,12-13H,4-7,11H2,1-3H3;1-2H3. The Labute approximate surface area is 120 Å². The second kappa shape index (κ2) is 10.6. The molecule has 0 saturated carbocycles. The minimum atomic E-state index is 1.15. The summed E-state index contributed by atoms with van der Waals surface area (Å²) in [5.41, 5.74) is 5.76. The van der Waals surface area contributed by atoms with Gasteiger partial charge in [0.15, 0.2) is 0 Å². The van der Waals surface area contributed by atoms with E-state index in [2.05, 4.69) is 51.6 Å². The summed E-state index contributed by atoms with van der Waals surface area (Å²) in [5, 5.41) is 0. The van der Waals surface area contributed by atoms with Crippen LogP contribution in [-0.4, -0.2) is 0 Å². The number of benzene rings is 1. The molecule has 0 aliphatic carbocycles. The molecule has 0 saturated heterocycles. The van der Waals surface area contributed by atoms with Gasteiger partial charge in [0.1, 0.15) is 0 Å². The molecule has 0 radical (unpaired) electrons. The molecule has 19 heavy (non-hydrogen) atoms. The van der Waals surface area contributed by atoms with Crippen molar-refractivity contribution in [2.45, 2.75) is 60.3 Å². The van der Waals surface area contributed by atoms with Gasteiger partial charge in [-0.1, -0.05) is 83.5 Å². The van der Waals surface area contributed by atoms with Crippen molar-refractivity contribution < 1.29 is 0 Å². The summed E-state index contributed by atoms with van der Waals surface area (Å²) in [5.74, 6) is 0. The van der Waals surface area contributed by atoms with E-state index in [0.29, 0.717) is 0 Å². The third kappa shape index (κ3) is 5.06. The third-order valence-corrected chi connectivity index (χ3v) is 3.29. The van der Waals surface area contributed by atoms with Gasteiger partial charge in [0.25, 0.3) is 0 Å². The smallest absolute Gasteiger partial charge is 0.0153 e. The first-order valence-corrected chi connectivity index (χ1v) is 7.71. The molecule has 0 heteroatoms. The first kappa shape index (κ1) is 17.7. The van der Waals surface area contributed by atoms with Crippen molar-refractivity contribution in [3.8, 4) is 0 Å². The lowest BCUT2D eigenvalue weighted by Crippen LogP contribution is -1.94. The highest BCUT2D eigenvalue weighted by Crippen LogP contribution is 2.30. The van der Waals surface area contributed by atoms with Crippen LogP contribution in [-0.2, 0) is 0 Å². The highest BCUT2D eigenvalue weighted by atomic mass is 14.1. The summed E-state index contributed by atoms with van der Waals surface area (Å²) in [7, 11) is 0. The van der Waals surface area contributed by atoms with Crippen molar-refractivity contribution in [1.29, 1.82) is 0 Å². The van der Waals surface area contributed by atoms with Crippen molar-refractivity contribution in [2.24, 2.45) is 0 Å². The summed E-state index contributed by atoms with van der Waals surface area (Å²) in [6.45, 7) is 14.7. The van der Waals surface area contributed by atoms with Crippen LogP contribution in [0.25, 0.3) is 11.6 Å². The number of hydrogen-bond donors (Lipinski definition) is 0. The van der Waals surface area contributed by atoms with Crippen LogP contribution in [0.1, 0.15) is 71.4 Å². The average Bonchev–Trinajstić information content (AvgIpc) is 2.49. The van der Waals surface area contributed by atoms with E-state index in [0.717, 1.165) is 12.8 Å². The van der Waals surface area contributed by atoms with Crippen molar-refractivity contribution in [2.75, 3.05) is 0 Å². The molecular formula is C19H30. The van der Waals surface area contributed by atoms with E-state index in [-0.39, 0.29) is 0 Å². The van der Waals surface area contributed by atoms with Crippen LogP contribution in [0, 0.1) is 0 Å². The second-order valence-corrected chi connectivity index (χ2v) is 4.33. The number of rotatable bonds is 6. The highest BCUT2D eigenvalue weighted by Gasteiger charge is 2.08. The molecular weight excluding hydrogens is 228 g/mol. The van der Waals surface area contributed by atoms with Gasteiger partial charge in [-0.2, -0.15) is 0 Å². The zero-order valence-electron chi connectivity index (χ0n) is 13.4. The van der Waals surface area contributed by atoms with Crippen LogP contribution in [0.5, 0.6) is 0 Å². The zero-order chi connectivity index (χ0) is 14.7. The van der Waals surface area contributed by atoms with Gasteiger partial charge >= 0.3 is 0 Å². The van der Waals surface area contributed by atoms with Gasteiger partial charge in [-0.3, -0.25) is 0 Å². The van der Waals surface area contributed by atoms with E-state index >= 15 is 0 Å². The van der Waals surface area contributed by atoms with Crippen molar-refractivity contribution in [1.82, 2.24) is 0 Å². The third-order valence-electron chi connectivity index (χ3n) is 3.29. The summed E-state index contributed by atoms with van der Waals surface area (Å²) < 4.78 is 0. The fourth-order valence-electron chi connectivity index (χ4n) is 2.38. The minimum absolute atomic E-state index is 1.15. The molecule has 0 atom stereocenters. The largest absolute Gasteiger partial charge is 0.0984 e. The maximum absolute atomic E-state index is 3.92. The Hall–Kier alpha value is -1.30. The van der Waals surface area contributed by atoms with E-state index in [1.807, 2.05) is 19.9 Å². The first-order valence-electron chi connectivity index (χ1n) is 7.71. The lowest BCUT2D eigenvalue weighted by molar-refractivity contribution is 0.919. The average molecular weight is 258 g/mol. The topological polar surface area (TPSA) is 0 Å². The molecule has 0 spiro atoms. The number of hydrogen-bond acceptors (Lipinski definition) is 0. The predicted molar refractivity (Wildman–Crippen MR) is 90.3 cm³/mol. The molecule has 0 aromatic heterocycles. The van der Waals surface area contributed by atoms with Gasteiger partial charge in [-0.25, -0.2) is 0 Å². The van der Waals surface area contributed by atoms with Crippen molar-refractivity contribution in [3.63, 3.8) is 0 Å². The van der Waals surface area contributed by atoms with Crippen molar-refractivity contribution >= 4 is 11.6 Å². The quantitative estimate of drug-likeness (QED) is 0.530.